The standard InChI is InChI=1S/C22H21FN4O4/c23-15-4-1-14(2-5-15)3-6-17(28)18-19(29)20(30)27-10-9-26(11-16-12-31-13-24-16)22(7-8-22)21(27)25-18/h1-2,4-5,12-13,29H,3,6-11H2. The predicted molar refractivity (Wildman–Crippen MR) is 107 cm³/mol. The van der Waals surface area contributed by atoms with E-state index in [1.807, 2.05) is 0 Å². The molecule has 1 fully saturated rings. The van der Waals surface area contributed by atoms with Gasteiger partial charge in [0.05, 0.1) is 11.2 Å². The molecule has 1 aromatic carbocycles. The quantitative estimate of drug-likeness (QED) is 0.606. The lowest BCUT2D eigenvalue weighted by Gasteiger charge is -2.37. The zero-order valence-electron chi connectivity index (χ0n) is 16.8. The van der Waals surface area contributed by atoms with Gasteiger partial charge in [-0.15, -0.1) is 0 Å². The van der Waals surface area contributed by atoms with Crippen LogP contribution in [0.4, 0.5) is 4.39 Å². The van der Waals surface area contributed by atoms with Crippen LogP contribution in [0.3, 0.4) is 0 Å². The Morgan fingerprint density at radius 2 is 2.00 bits per heavy atom. The maximum absolute atomic E-state index is 13.1. The molecule has 1 aliphatic carbocycles. The van der Waals surface area contributed by atoms with Crippen molar-refractivity contribution >= 4 is 5.78 Å². The average Bonchev–Trinajstić information content (AvgIpc) is 3.38. The summed E-state index contributed by atoms with van der Waals surface area (Å²) in [5, 5.41) is 10.4. The van der Waals surface area contributed by atoms with E-state index in [9.17, 15) is 19.1 Å². The Labute approximate surface area is 177 Å². The van der Waals surface area contributed by atoms with Crippen molar-refractivity contribution < 1.29 is 18.7 Å². The molecular weight excluding hydrogens is 403 g/mol. The molecule has 1 saturated carbocycles. The van der Waals surface area contributed by atoms with E-state index in [1.54, 1.807) is 18.4 Å². The highest BCUT2D eigenvalue weighted by molar-refractivity contribution is 5.96. The highest BCUT2D eigenvalue weighted by Crippen LogP contribution is 2.52. The number of aromatic hydroxyl groups is 1. The lowest BCUT2D eigenvalue weighted by Crippen LogP contribution is -2.48. The number of carbonyl (C=O) groups is 1. The Balaban J connectivity index is 1.43. The van der Waals surface area contributed by atoms with Gasteiger partial charge in [0.1, 0.15) is 17.9 Å². The number of aromatic nitrogens is 3. The Hall–Kier alpha value is -3.33. The molecule has 0 radical (unpaired) electrons. The van der Waals surface area contributed by atoms with Crippen molar-refractivity contribution in [2.45, 2.75) is 44.3 Å². The average molecular weight is 424 g/mol. The van der Waals surface area contributed by atoms with Gasteiger partial charge >= 0.3 is 0 Å². The zero-order chi connectivity index (χ0) is 21.6. The molecule has 2 aromatic heterocycles. The highest BCUT2D eigenvalue weighted by atomic mass is 19.1. The van der Waals surface area contributed by atoms with Gasteiger partial charge in [-0.05, 0) is 37.0 Å². The molecular formula is C22H21FN4O4. The zero-order valence-corrected chi connectivity index (χ0v) is 16.8. The van der Waals surface area contributed by atoms with E-state index in [1.165, 1.54) is 23.1 Å². The van der Waals surface area contributed by atoms with E-state index < -0.39 is 22.6 Å². The van der Waals surface area contributed by atoms with Crippen LogP contribution in [0, 0.1) is 5.82 Å². The summed E-state index contributed by atoms with van der Waals surface area (Å²) in [5.74, 6) is -0.836. The van der Waals surface area contributed by atoms with Gasteiger partial charge in [-0.1, -0.05) is 12.1 Å². The van der Waals surface area contributed by atoms with Crippen molar-refractivity contribution in [3.05, 3.63) is 75.9 Å². The van der Waals surface area contributed by atoms with E-state index in [4.69, 9.17) is 4.42 Å². The number of oxazole rings is 1. The van der Waals surface area contributed by atoms with Crippen molar-refractivity contribution in [2.75, 3.05) is 6.54 Å². The fraction of sp³-hybridized carbons (Fsp3) is 0.364. The number of hydrogen-bond acceptors (Lipinski definition) is 7. The summed E-state index contributed by atoms with van der Waals surface area (Å²) in [5.41, 5.74) is 0.379. The predicted octanol–water partition coefficient (Wildman–Crippen LogP) is 2.40. The third-order valence-corrected chi connectivity index (χ3v) is 6.14. The molecule has 0 bridgehead atoms. The van der Waals surface area contributed by atoms with Crippen molar-refractivity contribution in [1.29, 1.82) is 0 Å². The summed E-state index contributed by atoms with van der Waals surface area (Å²) in [6, 6.07) is 5.89. The van der Waals surface area contributed by atoms with E-state index in [0.717, 1.165) is 24.1 Å². The monoisotopic (exact) mass is 424 g/mol. The summed E-state index contributed by atoms with van der Waals surface area (Å²) in [6.07, 6.45) is 5.02. The number of carbonyl (C=O) groups excluding carboxylic acids is 1. The second kappa shape index (κ2) is 7.42. The molecule has 3 heterocycles. The summed E-state index contributed by atoms with van der Waals surface area (Å²) in [6.45, 7) is 1.54. The lowest BCUT2D eigenvalue weighted by molar-refractivity contribution is 0.0962. The smallest absolute Gasteiger partial charge is 0.296 e. The SMILES string of the molecule is O=C(CCc1ccc(F)cc1)c1nc2n(c(=O)c1O)CCN(Cc1cocn1)C21CC1. The van der Waals surface area contributed by atoms with Crippen LogP contribution in [0.1, 0.15) is 46.8 Å². The van der Waals surface area contributed by atoms with E-state index in [2.05, 4.69) is 14.9 Å². The number of hydrogen-bond donors (Lipinski definition) is 1. The van der Waals surface area contributed by atoms with Crippen molar-refractivity contribution in [2.24, 2.45) is 0 Å². The lowest BCUT2D eigenvalue weighted by atomic mass is 10.0. The molecule has 9 heteroatoms. The second-order valence-corrected chi connectivity index (χ2v) is 8.07. The summed E-state index contributed by atoms with van der Waals surface area (Å²) in [4.78, 5) is 36.6. The first-order chi connectivity index (χ1) is 15.0. The molecule has 0 amide bonds. The molecule has 3 aromatic rings. The topological polar surface area (TPSA) is 101 Å². The number of Topliss-reactive ketones (excluding diaryl/α,β-unsaturated/α-hetero) is 1. The van der Waals surface area contributed by atoms with Crippen molar-refractivity contribution in [1.82, 2.24) is 19.4 Å². The Morgan fingerprint density at radius 1 is 1.23 bits per heavy atom. The first-order valence-corrected chi connectivity index (χ1v) is 10.2. The molecule has 5 rings (SSSR count). The molecule has 1 spiro atoms. The fourth-order valence-electron chi connectivity index (χ4n) is 4.30. The van der Waals surface area contributed by atoms with Crippen LogP contribution >= 0.6 is 0 Å². The Morgan fingerprint density at radius 3 is 2.68 bits per heavy atom. The van der Waals surface area contributed by atoms with E-state index >= 15 is 0 Å². The molecule has 1 N–H and O–H groups in total. The molecule has 2 aliphatic rings. The largest absolute Gasteiger partial charge is 0.501 e. The minimum atomic E-state index is -0.603. The van der Waals surface area contributed by atoms with Gasteiger partial charge in [0.2, 0.25) is 5.75 Å². The van der Waals surface area contributed by atoms with E-state index in [0.29, 0.717) is 31.9 Å². The molecule has 160 valence electrons. The minimum absolute atomic E-state index is 0.0603. The molecule has 31 heavy (non-hydrogen) atoms. The summed E-state index contributed by atoms with van der Waals surface area (Å²) >= 11 is 0. The maximum Gasteiger partial charge on any atom is 0.296 e. The first kappa shape index (κ1) is 19.6. The number of fused-ring (bicyclic) bond motifs is 2. The van der Waals surface area contributed by atoms with Gasteiger partial charge in [-0.25, -0.2) is 14.4 Å². The molecule has 0 saturated heterocycles. The van der Waals surface area contributed by atoms with Crippen molar-refractivity contribution in [3.8, 4) is 5.75 Å². The van der Waals surface area contributed by atoms with Gasteiger partial charge in [0.25, 0.3) is 5.56 Å². The first-order valence-electron chi connectivity index (χ1n) is 10.2. The van der Waals surface area contributed by atoms with Crippen LogP contribution in [0.2, 0.25) is 0 Å². The minimum Gasteiger partial charge on any atom is -0.501 e. The molecule has 0 atom stereocenters. The normalized spacial score (nSPS) is 16.9. The van der Waals surface area contributed by atoms with Crippen LogP contribution in [-0.2, 0) is 25.0 Å². The van der Waals surface area contributed by atoms with Gasteiger partial charge in [-0.2, -0.15) is 0 Å². The van der Waals surface area contributed by atoms with Crippen LogP contribution in [0.5, 0.6) is 5.75 Å². The van der Waals surface area contributed by atoms with Gasteiger partial charge < -0.3 is 9.52 Å². The Bertz CT molecular complexity index is 1180. The third-order valence-electron chi connectivity index (χ3n) is 6.14. The fourth-order valence-corrected chi connectivity index (χ4v) is 4.30. The number of rotatable bonds is 6. The van der Waals surface area contributed by atoms with Crippen LogP contribution in [-0.4, -0.2) is 36.9 Å². The van der Waals surface area contributed by atoms with Gasteiger partial charge in [-0.3, -0.25) is 19.1 Å². The summed E-state index contributed by atoms with van der Waals surface area (Å²) in [7, 11) is 0. The van der Waals surface area contributed by atoms with Gasteiger partial charge in [0.15, 0.2) is 17.9 Å². The number of benzene rings is 1. The van der Waals surface area contributed by atoms with Crippen LogP contribution in [0.15, 0.2) is 46.1 Å². The number of nitrogens with zero attached hydrogens (tertiary/aromatic N) is 4. The number of ketones is 1. The summed E-state index contributed by atoms with van der Waals surface area (Å²) < 4.78 is 19.6. The molecule has 8 nitrogen and oxygen atoms in total. The van der Waals surface area contributed by atoms with Crippen LogP contribution < -0.4 is 5.56 Å². The van der Waals surface area contributed by atoms with E-state index in [-0.39, 0.29) is 17.9 Å². The van der Waals surface area contributed by atoms with Crippen LogP contribution in [0.25, 0.3) is 0 Å². The maximum atomic E-state index is 13.1. The Kier molecular flexibility index (Phi) is 4.70. The van der Waals surface area contributed by atoms with Crippen molar-refractivity contribution in [3.63, 3.8) is 0 Å². The number of halogens is 1. The third kappa shape index (κ3) is 3.44. The molecule has 0 unspecified atom stereocenters. The van der Waals surface area contributed by atoms with Gasteiger partial charge in [0, 0.05) is 26.1 Å². The highest BCUT2D eigenvalue weighted by Gasteiger charge is 2.55. The number of aryl methyl sites for hydroxylation is 1. The molecule has 1 aliphatic heterocycles. The second-order valence-electron chi connectivity index (χ2n) is 8.07.